The van der Waals surface area contributed by atoms with Crippen LogP contribution in [0.1, 0.15) is 64.2 Å². The summed E-state index contributed by atoms with van der Waals surface area (Å²) in [6.07, 6.45) is 8.97. The number of ether oxygens (including phenoxy) is 3. The Kier molecular flexibility index (Phi) is 6.68. The molecule has 5 aliphatic rings. The molecule has 1 saturated heterocycles. The van der Waals surface area contributed by atoms with Crippen molar-refractivity contribution in [3.05, 3.63) is 0 Å². The van der Waals surface area contributed by atoms with E-state index in [1.165, 1.54) is 12.8 Å². The Hall–Kier alpha value is -0.240. The average molecular weight is 439 g/mol. The molecule has 1 aliphatic heterocycles. The zero-order valence-corrected chi connectivity index (χ0v) is 19.1. The maximum Gasteiger partial charge on any atom is 0.0833 e. The van der Waals surface area contributed by atoms with E-state index in [2.05, 4.69) is 0 Å². The lowest BCUT2D eigenvalue weighted by Crippen LogP contribution is -2.58. The monoisotopic (exact) mass is 438 g/mol. The average Bonchev–Trinajstić information content (AvgIpc) is 2.79. The van der Waals surface area contributed by atoms with Crippen LogP contribution in [0, 0.1) is 35.5 Å². The van der Waals surface area contributed by atoms with Crippen molar-refractivity contribution in [2.24, 2.45) is 35.5 Å². The van der Waals surface area contributed by atoms with Crippen LogP contribution in [0.3, 0.4) is 0 Å². The first-order chi connectivity index (χ1) is 15.0. The maximum atomic E-state index is 10.4. The van der Waals surface area contributed by atoms with Crippen LogP contribution in [-0.2, 0) is 14.2 Å². The second-order valence-corrected chi connectivity index (χ2v) is 11.2. The first kappa shape index (κ1) is 22.5. The molecule has 13 unspecified atom stereocenters. The van der Waals surface area contributed by atoms with E-state index in [1.54, 1.807) is 7.11 Å². The van der Waals surface area contributed by atoms with Crippen LogP contribution in [0.5, 0.6) is 0 Å². The van der Waals surface area contributed by atoms with Crippen LogP contribution in [0.15, 0.2) is 0 Å². The van der Waals surface area contributed by atoms with Crippen molar-refractivity contribution in [1.29, 1.82) is 0 Å². The number of methoxy groups -OCH3 is 2. The molecule has 178 valence electrons. The molecule has 6 heteroatoms. The van der Waals surface area contributed by atoms with Gasteiger partial charge < -0.3 is 29.5 Å². The quantitative estimate of drug-likeness (QED) is 0.628. The third kappa shape index (κ3) is 4.10. The summed E-state index contributed by atoms with van der Waals surface area (Å²) in [6, 6.07) is 0. The van der Waals surface area contributed by atoms with Gasteiger partial charge in [-0.2, -0.15) is 0 Å². The lowest BCUT2D eigenvalue weighted by Gasteiger charge is -2.58. The van der Waals surface area contributed by atoms with E-state index in [4.69, 9.17) is 14.2 Å². The molecular weight excluding hydrogens is 396 g/mol. The largest absolute Gasteiger partial charge is 0.390 e. The Bertz CT molecular complexity index is 615. The second-order valence-electron chi connectivity index (χ2n) is 11.2. The van der Waals surface area contributed by atoms with E-state index in [-0.39, 0.29) is 30.5 Å². The Morgan fingerprint density at radius 3 is 2.06 bits per heavy atom. The zero-order chi connectivity index (χ0) is 21.7. The highest BCUT2D eigenvalue weighted by atomic mass is 16.5. The number of rotatable bonds is 3. The molecular formula is C25H42O6. The Morgan fingerprint density at radius 2 is 1.29 bits per heavy atom. The lowest BCUT2D eigenvalue weighted by molar-refractivity contribution is -0.210. The van der Waals surface area contributed by atoms with Crippen molar-refractivity contribution in [2.45, 2.75) is 107 Å². The molecule has 0 spiro atoms. The summed E-state index contributed by atoms with van der Waals surface area (Å²) in [4.78, 5) is 0. The molecule has 0 radical (unpaired) electrons. The predicted molar refractivity (Wildman–Crippen MR) is 115 cm³/mol. The molecule has 0 aromatic rings. The van der Waals surface area contributed by atoms with Crippen molar-refractivity contribution >= 4 is 0 Å². The van der Waals surface area contributed by atoms with E-state index >= 15 is 0 Å². The molecule has 13 atom stereocenters. The number of hydrogen-bond acceptors (Lipinski definition) is 6. The molecule has 4 aliphatic carbocycles. The molecule has 0 aromatic heterocycles. The summed E-state index contributed by atoms with van der Waals surface area (Å²) < 4.78 is 18.4. The highest BCUT2D eigenvalue weighted by molar-refractivity contribution is 5.04. The number of aliphatic hydroxyl groups is 3. The van der Waals surface area contributed by atoms with E-state index < -0.39 is 12.2 Å². The van der Waals surface area contributed by atoms with Crippen molar-refractivity contribution < 1.29 is 29.5 Å². The number of fused-ring (bicyclic) bond motifs is 5. The molecule has 4 saturated carbocycles. The standard InChI is InChI=1S/C25H42O6/c1-29-23-10-14(4-7-18(23)26)21-8-6-15-16-5-3-13-9-19(27)20(28)11-17(13)25(16)24(30-2)12-22(15)31-21/h13-28H,3-12H2,1-2H3. The Balaban J connectivity index is 1.29. The van der Waals surface area contributed by atoms with Gasteiger partial charge in [0.05, 0.1) is 42.7 Å². The van der Waals surface area contributed by atoms with Gasteiger partial charge in [-0.05, 0) is 93.3 Å². The van der Waals surface area contributed by atoms with Crippen LogP contribution in [0.25, 0.3) is 0 Å². The third-order valence-electron chi connectivity index (χ3n) is 9.95. The molecule has 5 fully saturated rings. The van der Waals surface area contributed by atoms with E-state index in [1.807, 2.05) is 7.11 Å². The molecule has 0 amide bonds. The minimum Gasteiger partial charge on any atom is -0.390 e. The summed E-state index contributed by atoms with van der Waals surface area (Å²) >= 11 is 0. The molecule has 5 rings (SSSR count). The van der Waals surface area contributed by atoms with E-state index in [9.17, 15) is 15.3 Å². The summed E-state index contributed by atoms with van der Waals surface area (Å²) in [7, 11) is 3.54. The van der Waals surface area contributed by atoms with Gasteiger partial charge in [-0.3, -0.25) is 0 Å². The first-order valence-corrected chi connectivity index (χ1v) is 12.7. The Labute approximate surface area is 186 Å². The third-order valence-corrected chi connectivity index (χ3v) is 9.95. The molecule has 3 N–H and O–H groups in total. The summed E-state index contributed by atoms with van der Waals surface area (Å²) in [5.74, 6) is 3.13. The number of hydrogen-bond donors (Lipinski definition) is 3. The van der Waals surface area contributed by atoms with E-state index in [0.717, 1.165) is 51.4 Å². The number of aliphatic hydroxyl groups excluding tert-OH is 3. The van der Waals surface area contributed by atoms with Gasteiger partial charge in [0.25, 0.3) is 0 Å². The topological polar surface area (TPSA) is 88.4 Å². The fourth-order valence-electron chi connectivity index (χ4n) is 8.42. The minimum atomic E-state index is -0.586. The smallest absolute Gasteiger partial charge is 0.0833 e. The van der Waals surface area contributed by atoms with Crippen LogP contribution in [0.4, 0.5) is 0 Å². The van der Waals surface area contributed by atoms with Crippen LogP contribution >= 0.6 is 0 Å². The fourth-order valence-corrected chi connectivity index (χ4v) is 8.42. The van der Waals surface area contributed by atoms with Crippen molar-refractivity contribution in [3.63, 3.8) is 0 Å². The van der Waals surface area contributed by atoms with Gasteiger partial charge in [0.1, 0.15) is 0 Å². The van der Waals surface area contributed by atoms with E-state index in [0.29, 0.717) is 35.5 Å². The highest BCUT2D eigenvalue weighted by Crippen LogP contribution is 2.56. The molecule has 31 heavy (non-hydrogen) atoms. The van der Waals surface area contributed by atoms with Crippen LogP contribution in [-0.4, -0.2) is 72.3 Å². The molecule has 1 heterocycles. The highest BCUT2D eigenvalue weighted by Gasteiger charge is 2.55. The SMILES string of the molecule is COC1CC(C2CCC3C(CC(OC)C4C5CC(O)C(O)CC5CCC34)O2)CCC1O. The predicted octanol–water partition coefficient (Wildman–Crippen LogP) is 2.52. The van der Waals surface area contributed by atoms with Crippen LogP contribution in [0.2, 0.25) is 0 Å². The summed E-state index contributed by atoms with van der Waals surface area (Å²) in [6.45, 7) is 0. The summed E-state index contributed by atoms with van der Waals surface area (Å²) in [5, 5.41) is 30.8. The van der Waals surface area contributed by atoms with Gasteiger partial charge in [0.15, 0.2) is 0 Å². The van der Waals surface area contributed by atoms with Gasteiger partial charge in [-0.15, -0.1) is 0 Å². The first-order valence-electron chi connectivity index (χ1n) is 12.7. The van der Waals surface area contributed by atoms with Crippen molar-refractivity contribution in [2.75, 3.05) is 14.2 Å². The lowest BCUT2D eigenvalue weighted by atomic mass is 9.52. The van der Waals surface area contributed by atoms with Gasteiger partial charge in [-0.25, -0.2) is 0 Å². The molecule has 0 aromatic carbocycles. The van der Waals surface area contributed by atoms with Crippen molar-refractivity contribution in [1.82, 2.24) is 0 Å². The van der Waals surface area contributed by atoms with Gasteiger partial charge in [0, 0.05) is 20.6 Å². The molecule has 6 nitrogen and oxygen atoms in total. The van der Waals surface area contributed by atoms with Crippen molar-refractivity contribution in [3.8, 4) is 0 Å². The summed E-state index contributed by atoms with van der Waals surface area (Å²) in [5.41, 5.74) is 0. The maximum absolute atomic E-state index is 10.4. The fraction of sp³-hybridized carbons (Fsp3) is 1.00. The minimum absolute atomic E-state index is 0.0640. The Morgan fingerprint density at radius 1 is 0.581 bits per heavy atom. The molecule has 0 bridgehead atoms. The van der Waals surface area contributed by atoms with Gasteiger partial charge in [0.2, 0.25) is 0 Å². The van der Waals surface area contributed by atoms with Crippen LogP contribution < -0.4 is 0 Å². The van der Waals surface area contributed by atoms with Gasteiger partial charge >= 0.3 is 0 Å². The normalized spacial score (nSPS) is 55.1. The zero-order valence-electron chi connectivity index (χ0n) is 19.1. The van der Waals surface area contributed by atoms with Gasteiger partial charge in [-0.1, -0.05) is 0 Å². The second kappa shape index (κ2) is 9.19.